The van der Waals surface area contributed by atoms with Gasteiger partial charge in [-0.2, -0.15) is 0 Å². The third-order valence-corrected chi connectivity index (χ3v) is 9.22. The molecule has 6 aromatic rings. The van der Waals surface area contributed by atoms with Crippen molar-refractivity contribution in [1.82, 2.24) is 0 Å². The molecule has 0 spiro atoms. The minimum atomic E-state index is -0.355. The normalized spacial score (nSPS) is 11.3. The molecule has 0 fully saturated rings. The highest BCUT2D eigenvalue weighted by molar-refractivity contribution is 5.86. The van der Waals surface area contributed by atoms with E-state index in [4.69, 9.17) is 8.83 Å². The monoisotopic (exact) mass is 640 g/mol. The first-order valence-corrected chi connectivity index (χ1v) is 17.3. The molecule has 0 aliphatic heterocycles. The quantitative estimate of drug-likeness (QED) is 0.117. The van der Waals surface area contributed by atoms with E-state index in [0.29, 0.717) is 22.3 Å². The molecular weight excluding hydrogens is 596 g/mol. The highest BCUT2D eigenvalue weighted by Crippen LogP contribution is 2.30. The first kappa shape index (κ1) is 32.8. The van der Waals surface area contributed by atoms with Crippen LogP contribution < -0.4 is 21.1 Å². The van der Waals surface area contributed by atoms with Crippen LogP contribution in [0, 0.1) is 0 Å². The molecule has 6 heteroatoms. The maximum absolute atomic E-state index is 13.2. The van der Waals surface area contributed by atoms with Crippen LogP contribution in [0.5, 0.6) is 0 Å². The number of nitrogens with zero attached hydrogens (tertiary/aromatic N) is 2. The van der Waals surface area contributed by atoms with Crippen molar-refractivity contribution in [2.45, 2.75) is 53.4 Å². The third-order valence-electron chi connectivity index (χ3n) is 9.22. The van der Waals surface area contributed by atoms with Gasteiger partial charge in [-0.1, -0.05) is 75.2 Å². The van der Waals surface area contributed by atoms with Crippen LogP contribution in [0.2, 0.25) is 0 Å². The van der Waals surface area contributed by atoms with Crippen molar-refractivity contribution in [1.29, 1.82) is 0 Å². The number of unbranched alkanes of at least 4 members (excludes halogenated alkanes) is 2. The summed E-state index contributed by atoms with van der Waals surface area (Å²) < 4.78 is 11.6. The summed E-state index contributed by atoms with van der Waals surface area (Å²) in [6, 6.07) is 31.9. The van der Waals surface area contributed by atoms with Crippen LogP contribution in [0.3, 0.4) is 0 Å². The summed E-state index contributed by atoms with van der Waals surface area (Å²) in [5.41, 5.74) is 7.34. The fourth-order valence-electron chi connectivity index (χ4n) is 6.34. The first-order valence-electron chi connectivity index (χ1n) is 17.3. The topological polar surface area (TPSA) is 66.9 Å². The second-order valence-corrected chi connectivity index (χ2v) is 12.4. The van der Waals surface area contributed by atoms with E-state index >= 15 is 0 Å². The predicted molar refractivity (Wildman–Crippen MR) is 200 cm³/mol. The average molecular weight is 641 g/mol. The zero-order chi connectivity index (χ0) is 33.6. The summed E-state index contributed by atoms with van der Waals surface area (Å²) >= 11 is 0. The average Bonchev–Trinajstić information content (AvgIpc) is 3.11. The molecule has 6 rings (SSSR count). The van der Waals surface area contributed by atoms with E-state index in [2.05, 4.69) is 55.7 Å². The fraction of sp³-hybridized carbons (Fsp3) is 0.286. The number of fused-ring (bicyclic) bond motifs is 2. The van der Waals surface area contributed by atoms with Gasteiger partial charge in [0, 0.05) is 60.5 Å². The molecule has 0 saturated heterocycles. The molecule has 0 bridgehead atoms. The van der Waals surface area contributed by atoms with Crippen LogP contribution in [-0.4, -0.2) is 26.2 Å². The zero-order valence-corrected chi connectivity index (χ0v) is 28.4. The smallest absolute Gasteiger partial charge is 0.344 e. The highest BCUT2D eigenvalue weighted by Gasteiger charge is 2.13. The van der Waals surface area contributed by atoms with Gasteiger partial charge in [-0.3, -0.25) is 0 Å². The largest absolute Gasteiger partial charge is 0.422 e. The van der Waals surface area contributed by atoms with E-state index in [9.17, 15) is 9.59 Å². The lowest BCUT2D eigenvalue weighted by atomic mass is 9.98. The Morgan fingerprint density at radius 2 is 0.875 bits per heavy atom. The molecule has 0 aliphatic carbocycles. The van der Waals surface area contributed by atoms with Crippen molar-refractivity contribution in [3.63, 3.8) is 0 Å². The van der Waals surface area contributed by atoms with Gasteiger partial charge >= 0.3 is 11.3 Å². The van der Waals surface area contributed by atoms with Gasteiger partial charge in [0.1, 0.15) is 11.2 Å². The van der Waals surface area contributed by atoms with Gasteiger partial charge in [0.15, 0.2) is 0 Å². The van der Waals surface area contributed by atoms with E-state index in [-0.39, 0.29) is 11.3 Å². The van der Waals surface area contributed by atoms with Gasteiger partial charge < -0.3 is 18.6 Å². The van der Waals surface area contributed by atoms with Gasteiger partial charge in [0.05, 0.1) is 11.1 Å². The minimum absolute atomic E-state index is 0.344. The Morgan fingerprint density at radius 1 is 0.479 bits per heavy atom. The Bertz CT molecular complexity index is 2120. The Balaban J connectivity index is 1.21. The molecule has 0 N–H and O–H groups in total. The van der Waals surface area contributed by atoms with Crippen molar-refractivity contribution < 1.29 is 8.83 Å². The van der Waals surface area contributed by atoms with E-state index < -0.39 is 0 Å². The van der Waals surface area contributed by atoms with E-state index in [1.165, 1.54) is 0 Å². The lowest BCUT2D eigenvalue weighted by Gasteiger charge is -2.24. The number of hydrogen-bond acceptors (Lipinski definition) is 6. The summed E-state index contributed by atoms with van der Waals surface area (Å²) in [6.07, 6.45) is 4.54. The van der Waals surface area contributed by atoms with Crippen LogP contribution in [0.1, 0.15) is 53.4 Å². The zero-order valence-electron chi connectivity index (χ0n) is 28.4. The molecule has 0 aliphatic rings. The summed E-state index contributed by atoms with van der Waals surface area (Å²) in [6.45, 7) is 12.4. The van der Waals surface area contributed by atoms with Crippen LogP contribution in [-0.2, 0) is 0 Å². The van der Waals surface area contributed by atoms with Gasteiger partial charge in [-0.05, 0) is 85.3 Å². The molecule has 48 heavy (non-hydrogen) atoms. The van der Waals surface area contributed by atoms with Crippen LogP contribution in [0.4, 0.5) is 11.4 Å². The molecule has 0 amide bonds. The van der Waals surface area contributed by atoms with Gasteiger partial charge in [0.2, 0.25) is 0 Å². The molecule has 4 aromatic carbocycles. The second kappa shape index (κ2) is 14.8. The number of anilines is 2. The molecule has 0 saturated carbocycles. The standard InChI is InChI=1S/C42H44N2O4/c1-5-9-23-44(24-10-6-2)36-22-20-34-26-38(42(46)48-40(34)28-36)32-17-13-30(14-18-32)29-11-15-31(16-12-29)37-25-33-19-21-35(43(7-3)8-4)27-39(33)47-41(37)45/h11-22,25-28H,5-10,23-24H2,1-4H3. The molecular formula is C42H44N2O4. The minimum Gasteiger partial charge on any atom is -0.422 e. The van der Waals surface area contributed by atoms with Crippen molar-refractivity contribution >= 4 is 33.3 Å². The number of benzene rings is 4. The van der Waals surface area contributed by atoms with Crippen LogP contribution in [0.25, 0.3) is 55.3 Å². The van der Waals surface area contributed by atoms with Gasteiger partial charge in [0.25, 0.3) is 0 Å². The van der Waals surface area contributed by atoms with Crippen molar-refractivity contribution in [3.05, 3.63) is 118 Å². The molecule has 0 atom stereocenters. The maximum atomic E-state index is 13.2. The summed E-state index contributed by atoms with van der Waals surface area (Å²) in [7, 11) is 0. The van der Waals surface area contributed by atoms with Gasteiger partial charge in [-0.15, -0.1) is 0 Å². The fourth-order valence-corrected chi connectivity index (χ4v) is 6.34. The van der Waals surface area contributed by atoms with Crippen molar-refractivity contribution in [2.24, 2.45) is 0 Å². The Morgan fingerprint density at radius 3 is 1.27 bits per heavy atom. The van der Waals surface area contributed by atoms with E-state index in [1.54, 1.807) is 0 Å². The molecule has 2 heterocycles. The molecule has 6 nitrogen and oxygen atoms in total. The molecule has 0 radical (unpaired) electrons. The highest BCUT2D eigenvalue weighted by atomic mass is 16.4. The van der Waals surface area contributed by atoms with Crippen LogP contribution >= 0.6 is 0 Å². The number of hydrogen-bond donors (Lipinski definition) is 0. The lowest BCUT2D eigenvalue weighted by molar-refractivity contribution is 0.563. The molecule has 0 unspecified atom stereocenters. The van der Waals surface area contributed by atoms with Crippen molar-refractivity contribution in [2.75, 3.05) is 36.0 Å². The predicted octanol–water partition coefficient (Wildman–Crippen LogP) is 10.2. The second-order valence-electron chi connectivity index (χ2n) is 12.4. The van der Waals surface area contributed by atoms with E-state index in [0.717, 1.165) is 96.3 Å². The van der Waals surface area contributed by atoms with E-state index in [1.807, 2.05) is 78.9 Å². The lowest BCUT2D eigenvalue weighted by Crippen LogP contribution is -2.25. The molecule has 2 aromatic heterocycles. The molecule has 246 valence electrons. The maximum Gasteiger partial charge on any atom is 0.344 e. The third kappa shape index (κ3) is 6.93. The Kier molecular flexibility index (Phi) is 10.1. The van der Waals surface area contributed by atoms with Crippen LogP contribution in [0.15, 0.2) is 115 Å². The SMILES string of the molecule is CCCCN(CCCC)c1ccc2cc(-c3ccc(-c4ccc(-c5cc6ccc(N(CC)CC)cc6oc5=O)cc4)cc3)c(=O)oc2c1. The summed E-state index contributed by atoms with van der Waals surface area (Å²) in [5, 5.41) is 1.79. The first-order chi connectivity index (χ1) is 23.4. The summed E-state index contributed by atoms with van der Waals surface area (Å²) in [4.78, 5) is 30.8. The van der Waals surface area contributed by atoms with Gasteiger partial charge in [-0.25, -0.2) is 9.59 Å². The summed E-state index contributed by atoms with van der Waals surface area (Å²) in [5.74, 6) is 0. The Labute approximate surface area is 282 Å². The van der Waals surface area contributed by atoms with Crippen molar-refractivity contribution in [3.8, 4) is 33.4 Å². The number of rotatable bonds is 13. The Hall–Kier alpha value is -5.10.